The van der Waals surface area contributed by atoms with Crippen LogP contribution in [-0.2, 0) is 0 Å². The maximum Gasteiger partial charge on any atom is 0.251 e. The number of carbonyl (C=O) groups excluding carboxylic acids is 1. The Balaban J connectivity index is 2.10. The minimum Gasteiger partial charge on any atom is -0.494 e. The van der Waals surface area contributed by atoms with E-state index >= 15 is 0 Å². The molecule has 21 heavy (non-hydrogen) atoms. The molecule has 0 fully saturated rings. The molecule has 3 nitrogen and oxygen atoms in total. The molecule has 0 radical (unpaired) electrons. The van der Waals surface area contributed by atoms with Crippen LogP contribution < -0.4 is 10.1 Å². The second-order valence-corrected chi connectivity index (χ2v) is 5.51. The molecule has 2 aromatic rings. The van der Waals surface area contributed by atoms with Gasteiger partial charge in [-0.25, -0.2) is 4.39 Å². The molecule has 2 aromatic carbocycles. The maximum atomic E-state index is 13.6. The van der Waals surface area contributed by atoms with Crippen molar-refractivity contribution in [2.45, 2.75) is 13.0 Å². The lowest BCUT2D eigenvalue weighted by Gasteiger charge is -2.15. The Morgan fingerprint density at radius 3 is 2.48 bits per heavy atom. The molecule has 1 atom stereocenters. The molecule has 0 aliphatic carbocycles. The number of carbonyl (C=O) groups is 1. The number of nitrogens with one attached hydrogen (secondary N) is 1. The van der Waals surface area contributed by atoms with Gasteiger partial charge in [-0.05, 0) is 42.8 Å². The number of rotatable bonds is 4. The molecule has 0 saturated heterocycles. The summed E-state index contributed by atoms with van der Waals surface area (Å²) in [5.74, 6) is -0.763. The number of amides is 1. The molecular weight excluding hydrogens is 337 g/mol. The number of methoxy groups -OCH3 is 1. The molecule has 0 saturated carbocycles. The molecule has 2 rings (SSSR count). The SMILES string of the molecule is COc1ccc(C(=O)N[C@@H](C)c2ccc(Br)cc2)cc1F. The fourth-order valence-corrected chi connectivity index (χ4v) is 2.19. The Labute approximate surface area is 131 Å². The summed E-state index contributed by atoms with van der Waals surface area (Å²) in [7, 11) is 1.38. The molecule has 0 heterocycles. The molecular formula is C16H15BrFNO2. The van der Waals surface area contributed by atoms with Crippen molar-refractivity contribution in [3.05, 3.63) is 63.9 Å². The zero-order valence-corrected chi connectivity index (χ0v) is 13.3. The topological polar surface area (TPSA) is 38.3 Å². The highest BCUT2D eigenvalue weighted by Crippen LogP contribution is 2.20. The van der Waals surface area contributed by atoms with Crippen molar-refractivity contribution < 1.29 is 13.9 Å². The average molecular weight is 352 g/mol. The van der Waals surface area contributed by atoms with Gasteiger partial charge in [0.15, 0.2) is 11.6 Å². The van der Waals surface area contributed by atoms with Crippen LogP contribution >= 0.6 is 15.9 Å². The first-order valence-corrected chi connectivity index (χ1v) is 7.20. The predicted octanol–water partition coefficient (Wildman–Crippen LogP) is 4.09. The standard InChI is InChI=1S/C16H15BrFNO2/c1-10(11-3-6-13(17)7-4-11)19-16(20)12-5-8-15(21-2)14(18)9-12/h3-10H,1-2H3,(H,19,20)/t10-/m0/s1. The third kappa shape index (κ3) is 3.82. The normalized spacial score (nSPS) is 11.8. The molecule has 110 valence electrons. The predicted molar refractivity (Wildman–Crippen MR) is 83.0 cm³/mol. The molecule has 0 aromatic heterocycles. The van der Waals surface area contributed by atoms with E-state index in [-0.39, 0.29) is 23.3 Å². The minimum absolute atomic E-state index is 0.118. The lowest BCUT2D eigenvalue weighted by molar-refractivity contribution is 0.0939. The number of benzene rings is 2. The van der Waals surface area contributed by atoms with Crippen LogP contribution in [0.25, 0.3) is 0 Å². The van der Waals surface area contributed by atoms with Gasteiger partial charge < -0.3 is 10.1 Å². The molecule has 5 heteroatoms. The summed E-state index contributed by atoms with van der Waals surface area (Å²) in [6.45, 7) is 1.88. The van der Waals surface area contributed by atoms with Gasteiger partial charge in [0.25, 0.3) is 5.91 Å². The summed E-state index contributed by atoms with van der Waals surface area (Å²) in [5.41, 5.74) is 1.23. The summed E-state index contributed by atoms with van der Waals surface area (Å²) in [6.07, 6.45) is 0. The summed E-state index contributed by atoms with van der Waals surface area (Å²) in [6, 6.07) is 11.6. The fourth-order valence-electron chi connectivity index (χ4n) is 1.92. The smallest absolute Gasteiger partial charge is 0.251 e. The molecule has 0 unspecified atom stereocenters. The fraction of sp³-hybridized carbons (Fsp3) is 0.188. The Morgan fingerprint density at radius 2 is 1.90 bits per heavy atom. The van der Waals surface area contributed by atoms with Crippen LogP contribution in [0.3, 0.4) is 0 Å². The van der Waals surface area contributed by atoms with E-state index in [0.717, 1.165) is 10.0 Å². The Hall–Kier alpha value is -1.88. The number of hydrogen-bond donors (Lipinski definition) is 1. The minimum atomic E-state index is -0.554. The summed E-state index contributed by atoms with van der Waals surface area (Å²) in [4.78, 5) is 12.1. The maximum absolute atomic E-state index is 13.6. The van der Waals surface area contributed by atoms with Gasteiger partial charge in [-0.3, -0.25) is 4.79 Å². The molecule has 0 bridgehead atoms. The van der Waals surface area contributed by atoms with E-state index in [1.54, 1.807) is 0 Å². The van der Waals surface area contributed by atoms with E-state index in [9.17, 15) is 9.18 Å². The van der Waals surface area contributed by atoms with E-state index < -0.39 is 5.82 Å². The van der Waals surface area contributed by atoms with Crippen LogP contribution in [-0.4, -0.2) is 13.0 Å². The van der Waals surface area contributed by atoms with Gasteiger partial charge >= 0.3 is 0 Å². The third-order valence-corrected chi connectivity index (χ3v) is 3.66. The van der Waals surface area contributed by atoms with Crippen molar-refractivity contribution in [2.24, 2.45) is 0 Å². The Bertz CT molecular complexity index is 643. The lowest BCUT2D eigenvalue weighted by atomic mass is 10.1. The van der Waals surface area contributed by atoms with Crippen molar-refractivity contribution >= 4 is 21.8 Å². The number of ether oxygens (including phenoxy) is 1. The van der Waals surface area contributed by atoms with Crippen LogP contribution in [0.4, 0.5) is 4.39 Å². The summed E-state index contributed by atoms with van der Waals surface area (Å²) in [5, 5.41) is 2.83. The monoisotopic (exact) mass is 351 g/mol. The van der Waals surface area contributed by atoms with E-state index in [0.29, 0.717) is 0 Å². The Kier molecular flexibility index (Phi) is 4.96. The molecule has 0 aliphatic heterocycles. The molecule has 0 aliphatic rings. The van der Waals surface area contributed by atoms with Gasteiger partial charge in [-0.1, -0.05) is 28.1 Å². The number of hydrogen-bond acceptors (Lipinski definition) is 2. The second kappa shape index (κ2) is 6.72. The van der Waals surface area contributed by atoms with Gasteiger partial charge in [-0.2, -0.15) is 0 Å². The molecule has 1 N–H and O–H groups in total. The van der Waals surface area contributed by atoms with Crippen LogP contribution in [0.2, 0.25) is 0 Å². The van der Waals surface area contributed by atoms with E-state index in [2.05, 4.69) is 21.2 Å². The van der Waals surface area contributed by atoms with E-state index in [4.69, 9.17) is 4.74 Å². The zero-order chi connectivity index (χ0) is 15.4. The second-order valence-electron chi connectivity index (χ2n) is 4.60. The zero-order valence-electron chi connectivity index (χ0n) is 11.7. The average Bonchev–Trinajstić information content (AvgIpc) is 2.47. The van der Waals surface area contributed by atoms with Crippen molar-refractivity contribution in [2.75, 3.05) is 7.11 Å². The summed E-state index contributed by atoms with van der Waals surface area (Å²) >= 11 is 3.36. The highest BCUT2D eigenvalue weighted by molar-refractivity contribution is 9.10. The van der Waals surface area contributed by atoms with Gasteiger partial charge in [0, 0.05) is 10.0 Å². The van der Waals surface area contributed by atoms with Gasteiger partial charge in [0.1, 0.15) is 0 Å². The highest BCUT2D eigenvalue weighted by Gasteiger charge is 2.13. The van der Waals surface area contributed by atoms with Crippen LogP contribution in [0.1, 0.15) is 28.9 Å². The van der Waals surface area contributed by atoms with Gasteiger partial charge in [0.2, 0.25) is 0 Å². The quantitative estimate of drug-likeness (QED) is 0.900. The van der Waals surface area contributed by atoms with Crippen molar-refractivity contribution in [3.8, 4) is 5.75 Å². The van der Waals surface area contributed by atoms with Crippen LogP contribution in [0.5, 0.6) is 5.75 Å². The van der Waals surface area contributed by atoms with Crippen molar-refractivity contribution in [3.63, 3.8) is 0 Å². The largest absolute Gasteiger partial charge is 0.494 e. The first-order valence-electron chi connectivity index (χ1n) is 6.41. The third-order valence-electron chi connectivity index (χ3n) is 3.13. The first-order chi connectivity index (χ1) is 10.0. The van der Waals surface area contributed by atoms with Crippen molar-refractivity contribution in [1.82, 2.24) is 5.32 Å². The molecule has 1 amide bonds. The van der Waals surface area contributed by atoms with E-state index in [1.165, 1.54) is 25.3 Å². The first kappa shape index (κ1) is 15.5. The van der Waals surface area contributed by atoms with Crippen LogP contribution in [0.15, 0.2) is 46.9 Å². The van der Waals surface area contributed by atoms with Gasteiger partial charge in [-0.15, -0.1) is 0 Å². The summed E-state index contributed by atoms with van der Waals surface area (Å²) < 4.78 is 19.4. The molecule has 0 spiro atoms. The highest BCUT2D eigenvalue weighted by atomic mass is 79.9. The van der Waals surface area contributed by atoms with E-state index in [1.807, 2.05) is 31.2 Å². The van der Waals surface area contributed by atoms with Crippen LogP contribution in [0, 0.1) is 5.82 Å². The van der Waals surface area contributed by atoms with Gasteiger partial charge in [0.05, 0.1) is 13.2 Å². The lowest BCUT2D eigenvalue weighted by Crippen LogP contribution is -2.26. The number of halogens is 2. The Morgan fingerprint density at radius 1 is 1.24 bits per heavy atom. The van der Waals surface area contributed by atoms with Crippen molar-refractivity contribution in [1.29, 1.82) is 0 Å².